The monoisotopic (exact) mass is 236 g/mol. The van der Waals surface area contributed by atoms with E-state index in [1.807, 2.05) is 6.26 Å². The molecule has 0 fully saturated rings. The summed E-state index contributed by atoms with van der Waals surface area (Å²) in [6.45, 7) is 3.67. The van der Waals surface area contributed by atoms with Gasteiger partial charge in [0.25, 0.3) is 0 Å². The molecule has 1 rings (SSSR count). The summed E-state index contributed by atoms with van der Waals surface area (Å²) in [6, 6.07) is 7.21. The molecule has 3 heteroatoms. The molecule has 1 aromatic carbocycles. The van der Waals surface area contributed by atoms with Gasteiger partial charge in [-0.15, -0.1) is 6.58 Å². The van der Waals surface area contributed by atoms with E-state index >= 15 is 0 Å². The van der Waals surface area contributed by atoms with Crippen molar-refractivity contribution in [1.82, 2.24) is 0 Å². The van der Waals surface area contributed by atoms with Crippen LogP contribution in [0.3, 0.4) is 0 Å². The normalized spacial score (nSPS) is 11.9. The molecular formula is C13H16O2S. The Morgan fingerprint density at radius 1 is 1.50 bits per heavy atom. The van der Waals surface area contributed by atoms with Crippen molar-refractivity contribution in [2.24, 2.45) is 0 Å². The summed E-state index contributed by atoms with van der Waals surface area (Å²) >= 11 is 1.56. The second-order valence-electron chi connectivity index (χ2n) is 3.34. The summed E-state index contributed by atoms with van der Waals surface area (Å²) in [6.07, 6.45) is 4.42. The first-order valence-electron chi connectivity index (χ1n) is 5.05. The van der Waals surface area contributed by atoms with Gasteiger partial charge in [-0.25, -0.2) is 0 Å². The third kappa shape index (κ3) is 3.14. The molecule has 0 aliphatic rings. The Morgan fingerprint density at radius 3 is 2.56 bits per heavy atom. The van der Waals surface area contributed by atoms with Crippen LogP contribution >= 0.6 is 11.8 Å². The average Bonchev–Trinajstić information content (AvgIpc) is 2.35. The van der Waals surface area contributed by atoms with E-state index in [0.717, 1.165) is 11.3 Å². The van der Waals surface area contributed by atoms with Crippen molar-refractivity contribution in [2.75, 3.05) is 13.4 Å². The molecule has 0 bridgehead atoms. The van der Waals surface area contributed by atoms with Crippen LogP contribution in [0.15, 0.2) is 36.9 Å². The van der Waals surface area contributed by atoms with Crippen LogP contribution in [0.1, 0.15) is 16.8 Å². The number of ketones is 1. The van der Waals surface area contributed by atoms with Crippen molar-refractivity contribution in [3.63, 3.8) is 0 Å². The van der Waals surface area contributed by atoms with E-state index in [9.17, 15) is 4.79 Å². The van der Waals surface area contributed by atoms with Gasteiger partial charge in [-0.05, 0) is 36.9 Å². The maximum Gasteiger partial charge on any atom is 0.176 e. The molecule has 0 saturated heterocycles. The number of ether oxygens (including phenoxy) is 1. The summed E-state index contributed by atoms with van der Waals surface area (Å²) in [5, 5.41) is -0.0362. The SMILES string of the molecule is C=CCC(SC)C(=O)c1ccc(OC)cc1. The Morgan fingerprint density at radius 2 is 2.12 bits per heavy atom. The number of thioether (sulfide) groups is 1. The first-order chi connectivity index (χ1) is 7.72. The van der Waals surface area contributed by atoms with Crippen LogP contribution in [0.25, 0.3) is 0 Å². The predicted octanol–water partition coefficient (Wildman–Crippen LogP) is 3.19. The highest BCUT2D eigenvalue weighted by Crippen LogP contribution is 2.19. The fourth-order valence-electron chi connectivity index (χ4n) is 1.40. The molecule has 1 atom stereocenters. The molecule has 0 aliphatic carbocycles. The van der Waals surface area contributed by atoms with Crippen LogP contribution in [0.4, 0.5) is 0 Å². The zero-order chi connectivity index (χ0) is 12.0. The van der Waals surface area contributed by atoms with Gasteiger partial charge in [-0.1, -0.05) is 6.08 Å². The number of carbonyl (C=O) groups excluding carboxylic acids is 1. The summed E-state index contributed by atoms with van der Waals surface area (Å²) in [5.74, 6) is 0.913. The minimum atomic E-state index is -0.0362. The van der Waals surface area contributed by atoms with Crippen LogP contribution < -0.4 is 4.74 Å². The first-order valence-corrected chi connectivity index (χ1v) is 6.33. The molecule has 16 heavy (non-hydrogen) atoms. The third-order valence-electron chi connectivity index (χ3n) is 2.33. The van der Waals surface area contributed by atoms with E-state index in [2.05, 4.69) is 6.58 Å². The van der Waals surface area contributed by atoms with Gasteiger partial charge < -0.3 is 4.74 Å². The topological polar surface area (TPSA) is 26.3 Å². The molecule has 1 aromatic rings. The predicted molar refractivity (Wildman–Crippen MR) is 69.4 cm³/mol. The minimum absolute atomic E-state index is 0.0362. The number of methoxy groups -OCH3 is 1. The van der Waals surface area contributed by atoms with Crippen molar-refractivity contribution in [3.8, 4) is 5.75 Å². The molecule has 0 saturated carbocycles. The maximum atomic E-state index is 12.1. The number of benzene rings is 1. The van der Waals surface area contributed by atoms with E-state index in [4.69, 9.17) is 4.74 Å². The summed E-state index contributed by atoms with van der Waals surface area (Å²) in [5.41, 5.74) is 0.724. The highest BCUT2D eigenvalue weighted by Gasteiger charge is 2.17. The first kappa shape index (κ1) is 12.8. The van der Waals surface area contributed by atoms with E-state index < -0.39 is 0 Å². The van der Waals surface area contributed by atoms with E-state index in [1.54, 1.807) is 49.2 Å². The van der Waals surface area contributed by atoms with E-state index in [-0.39, 0.29) is 11.0 Å². The Hall–Kier alpha value is -1.22. The van der Waals surface area contributed by atoms with Crippen LogP contribution in [0, 0.1) is 0 Å². The smallest absolute Gasteiger partial charge is 0.176 e. The number of carbonyl (C=O) groups is 1. The van der Waals surface area contributed by atoms with Gasteiger partial charge >= 0.3 is 0 Å². The quantitative estimate of drug-likeness (QED) is 0.560. The molecule has 2 nitrogen and oxygen atoms in total. The second-order valence-corrected chi connectivity index (χ2v) is 4.38. The number of Topliss-reactive ketones (excluding diaryl/α,β-unsaturated/α-hetero) is 1. The summed E-state index contributed by atoms with van der Waals surface area (Å²) in [4.78, 5) is 12.1. The largest absolute Gasteiger partial charge is 0.497 e. The zero-order valence-corrected chi connectivity index (χ0v) is 10.4. The molecule has 0 spiro atoms. The molecule has 0 radical (unpaired) electrons. The Labute approximate surface area is 101 Å². The van der Waals surface area contributed by atoms with Gasteiger partial charge in [0.05, 0.1) is 12.4 Å². The summed E-state index contributed by atoms with van der Waals surface area (Å²) in [7, 11) is 1.61. The van der Waals surface area contributed by atoms with E-state index in [0.29, 0.717) is 6.42 Å². The lowest BCUT2D eigenvalue weighted by molar-refractivity contribution is 0.0990. The number of hydrogen-bond acceptors (Lipinski definition) is 3. The number of allylic oxidation sites excluding steroid dienone is 1. The van der Waals surface area contributed by atoms with Crippen LogP contribution in [-0.4, -0.2) is 24.4 Å². The Bertz CT molecular complexity index is 357. The lowest BCUT2D eigenvalue weighted by Crippen LogP contribution is -2.16. The molecule has 0 amide bonds. The second kappa shape index (κ2) is 6.38. The van der Waals surface area contributed by atoms with Gasteiger partial charge in [0.2, 0.25) is 0 Å². The number of hydrogen-bond donors (Lipinski definition) is 0. The molecule has 0 heterocycles. The Kier molecular flexibility index (Phi) is 5.12. The van der Waals surface area contributed by atoms with Crippen molar-refractivity contribution in [3.05, 3.63) is 42.5 Å². The lowest BCUT2D eigenvalue weighted by Gasteiger charge is -2.11. The fraction of sp³-hybridized carbons (Fsp3) is 0.308. The lowest BCUT2D eigenvalue weighted by atomic mass is 10.1. The molecule has 0 N–H and O–H groups in total. The maximum absolute atomic E-state index is 12.1. The molecule has 0 aromatic heterocycles. The van der Waals surface area contributed by atoms with Crippen molar-refractivity contribution >= 4 is 17.5 Å². The standard InChI is InChI=1S/C13H16O2S/c1-4-5-12(16-3)13(14)10-6-8-11(15-2)9-7-10/h4,6-9,12H,1,5H2,2-3H3. The average molecular weight is 236 g/mol. The molecule has 86 valence electrons. The van der Waals surface area contributed by atoms with Crippen LogP contribution in [0.5, 0.6) is 5.75 Å². The van der Waals surface area contributed by atoms with Gasteiger partial charge in [0.1, 0.15) is 5.75 Å². The minimum Gasteiger partial charge on any atom is -0.497 e. The van der Waals surface area contributed by atoms with Gasteiger partial charge in [0, 0.05) is 5.56 Å². The fourth-order valence-corrected chi connectivity index (χ4v) is 2.08. The van der Waals surface area contributed by atoms with Gasteiger partial charge in [0.15, 0.2) is 5.78 Å². The van der Waals surface area contributed by atoms with E-state index in [1.165, 1.54) is 0 Å². The van der Waals surface area contributed by atoms with Crippen LogP contribution in [0.2, 0.25) is 0 Å². The van der Waals surface area contributed by atoms with Crippen LogP contribution in [-0.2, 0) is 0 Å². The molecule has 1 unspecified atom stereocenters. The third-order valence-corrected chi connectivity index (χ3v) is 3.31. The van der Waals surface area contributed by atoms with Gasteiger partial charge in [-0.3, -0.25) is 4.79 Å². The van der Waals surface area contributed by atoms with Gasteiger partial charge in [-0.2, -0.15) is 11.8 Å². The van der Waals surface area contributed by atoms with Crippen molar-refractivity contribution < 1.29 is 9.53 Å². The summed E-state index contributed by atoms with van der Waals surface area (Å²) < 4.78 is 5.05. The molecule has 0 aliphatic heterocycles. The number of rotatable bonds is 6. The molecular weight excluding hydrogens is 220 g/mol. The highest BCUT2D eigenvalue weighted by molar-refractivity contribution is 7.99. The highest BCUT2D eigenvalue weighted by atomic mass is 32.2. The zero-order valence-electron chi connectivity index (χ0n) is 9.60. The van der Waals surface area contributed by atoms with Crippen molar-refractivity contribution in [1.29, 1.82) is 0 Å². The van der Waals surface area contributed by atoms with Crippen molar-refractivity contribution in [2.45, 2.75) is 11.7 Å². The Balaban J connectivity index is 2.81.